The fraction of sp³-hybridized carbons (Fsp3) is 0.833. The molecule has 1 aliphatic rings. The summed E-state index contributed by atoms with van der Waals surface area (Å²) in [5.74, 6) is 0. The molecule has 70 valence electrons. The molecule has 1 heterocycles. The predicted octanol–water partition coefficient (Wildman–Crippen LogP) is 0.905. The highest BCUT2D eigenvalue weighted by Gasteiger charge is 2.19. The summed E-state index contributed by atoms with van der Waals surface area (Å²) in [5.41, 5.74) is 0. The Morgan fingerprint density at radius 3 is 2.75 bits per heavy atom. The molecule has 5 nitrogen and oxygen atoms in total. The summed E-state index contributed by atoms with van der Waals surface area (Å²) in [7, 11) is 0. The van der Waals surface area contributed by atoms with Crippen molar-refractivity contribution >= 4 is 28.7 Å². The van der Waals surface area contributed by atoms with Crippen LogP contribution in [-0.4, -0.2) is 36.9 Å². The van der Waals surface area contributed by atoms with E-state index >= 15 is 0 Å². The Kier molecular flexibility index (Phi) is 4.62. The lowest BCUT2D eigenvalue weighted by Crippen LogP contribution is -2.33. The number of halogens is 1. The second kappa shape index (κ2) is 5.55. The van der Waals surface area contributed by atoms with E-state index in [0.717, 1.165) is 0 Å². The Labute approximate surface area is 83.4 Å². The number of hydrogen-bond acceptors (Lipinski definition) is 5. The van der Waals surface area contributed by atoms with E-state index in [0.29, 0.717) is 13.2 Å². The van der Waals surface area contributed by atoms with Crippen molar-refractivity contribution < 1.29 is 23.7 Å². The van der Waals surface area contributed by atoms with Gasteiger partial charge < -0.3 is 18.9 Å². The van der Waals surface area contributed by atoms with Gasteiger partial charge in [-0.25, -0.2) is 4.79 Å². The van der Waals surface area contributed by atoms with Crippen molar-refractivity contribution in [3.63, 3.8) is 0 Å². The minimum Gasteiger partial charge on any atom is -0.426 e. The minimum absolute atomic E-state index is 0.265. The smallest absolute Gasteiger partial charge is 0.426 e. The van der Waals surface area contributed by atoms with E-state index in [9.17, 15) is 4.79 Å². The molecule has 1 saturated heterocycles. The molecular formula is C6H9IO5. The maximum atomic E-state index is 10.8. The zero-order valence-electron chi connectivity index (χ0n) is 6.32. The Morgan fingerprint density at radius 1 is 1.50 bits per heavy atom. The molecule has 0 N–H and O–H groups in total. The average Bonchev–Trinajstić information content (AvgIpc) is 2.06. The quantitative estimate of drug-likeness (QED) is 0.429. The summed E-state index contributed by atoms with van der Waals surface area (Å²) in [5, 5.41) is 0. The molecule has 1 fully saturated rings. The van der Waals surface area contributed by atoms with E-state index in [1.165, 1.54) is 0 Å². The molecule has 1 rings (SSSR count). The van der Waals surface area contributed by atoms with Crippen molar-refractivity contribution in [2.45, 2.75) is 6.10 Å². The molecule has 0 bridgehead atoms. The first-order chi connectivity index (χ1) is 5.83. The first-order valence-electron chi connectivity index (χ1n) is 3.38. The van der Waals surface area contributed by atoms with Crippen molar-refractivity contribution in [3.05, 3.63) is 0 Å². The molecule has 0 aromatic rings. The van der Waals surface area contributed by atoms with Crippen LogP contribution < -0.4 is 0 Å². The lowest BCUT2D eigenvalue weighted by molar-refractivity contribution is -0.156. The van der Waals surface area contributed by atoms with E-state index < -0.39 is 6.16 Å². The highest BCUT2D eigenvalue weighted by Crippen LogP contribution is 2.03. The summed E-state index contributed by atoms with van der Waals surface area (Å²) in [6.45, 7) is 1.01. The average molecular weight is 288 g/mol. The van der Waals surface area contributed by atoms with Crippen LogP contribution in [0.4, 0.5) is 4.79 Å². The molecule has 6 heteroatoms. The van der Waals surface area contributed by atoms with Crippen LogP contribution in [0.3, 0.4) is 0 Å². The molecule has 0 atom stereocenters. The molecule has 0 radical (unpaired) electrons. The van der Waals surface area contributed by atoms with Crippen LogP contribution in [0.5, 0.6) is 0 Å². The third-order valence-corrected chi connectivity index (χ3v) is 1.52. The highest BCUT2D eigenvalue weighted by molar-refractivity contribution is 14.1. The predicted molar refractivity (Wildman–Crippen MR) is 47.0 cm³/mol. The Morgan fingerprint density at radius 2 is 2.17 bits per heavy atom. The van der Waals surface area contributed by atoms with Gasteiger partial charge in [-0.05, 0) is 22.6 Å². The van der Waals surface area contributed by atoms with Crippen LogP contribution in [0.25, 0.3) is 0 Å². The van der Waals surface area contributed by atoms with Crippen LogP contribution in [0.15, 0.2) is 0 Å². The van der Waals surface area contributed by atoms with Crippen LogP contribution in [-0.2, 0) is 18.9 Å². The van der Waals surface area contributed by atoms with Crippen molar-refractivity contribution in [3.8, 4) is 0 Å². The van der Waals surface area contributed by atoms with Gasteiger partial charge in [0.25, 0.3) is 0 Å². The van der Waals surface area contributed by atoms with Gasteiger partial charge in [-0.2, -0.15) is 0 Å². The molecule has 0 aromatic heterocycles. The highest BCUT2D eigenvalue weighted by atomic mass is 127. The maximum absolute atomic E-state index is 10.8. The summed E-state index contributed by atoms with van der Waals surface area (Å²) < 4.78 is 19.5. The SMILES string of the molecule is O=C(OCI)OC1COCOC1. The number of rotatable bonds is 2. The lowest BCUT2D eigenvalue weighted by Gasteiger charge is -2.21. The largest absolute Gasteiger partial charge is 0.509 e. The first-order valence-corrected chi connectivity index (χ1v) is 4.90. The Hall–Kier alpha value is -0.0800. The second-order valence-corrected chi connectivity index (χ2v) is 2.73. The lowest BCUT2D eigenvalue weighted by atomic mass is 10.4. The van der Waals surface area contributed by atoms with Crippen molar-refractivity contribution in [2.24, 2.45) is 0 Å². The normalized spacial score (nSPS) is 18.8. The van der Waals surface area contributed by atoms with Crippen LogP contribution in [0.1, 0.15) is 0 Å². The van der Waals surface area contributed by atoms with E-state index in [1.54, 1.807) is 0 Å². The number of alkyl halides is 1. The number of ether oxygens (including phenoxy) is 4. The van der Waals surface area contributed by atoms with Gasteiger partial charge in [0.1, 0.15) is 11.4 Å². The number of hydrogen-bond donors (Lipinski definition) is 0. The monoisotopic (exact) mass is 288 g/mol. The van der Waals surface area contributed by atoms with Crippen LogP contribution in [0.2, 0.25) is 0 Å². The van der Waals surface area contributed by atoms with Gasteiger partial charge in [0, 0.05) is 0 Å². The van der Waals surface area contributed by atoms with Crippen LogP contribution in [0, 0.1) is 0 Å². The number of carbonyl (C=O) groups excluding carboxylic acids is 1. The Bertz CT molecular complexity index is 145. The molecule has 0 amide bonds. The molecule has 0 unspecified atom stereocenters. The number of carbonyl (C=O) groups is 1. The molecular weight excluding hydrogens is 279 g/mol. The topological polar surface area (TPSA) is 54.0 Å². The van der Waals surface area contributed by atoms with E-state index in [2.05, 4.69) is 4.74 Å². The molecule has 0 saturated carbocycles. The van der Waals surface area contributed by atoms with Gasteiger partial charge in [-0.1, -0.05) is 0 Å². The molecule has 0 spiro atoms. The zero-order chi connectivity index (χ0) is 8.81. The summed E-state index contributed by atoms with van der Waals surface area (Å²) in [4.78, 5) is 10.8. The second-order valence-electron chi connectivity index (χ2n) is 2.10. The van der Waals surface area contributed by atoms with E-state index in [4.69, 9.17) is 14.2 Å². The zero-order valence-corrected chi connectivity index (χ0v) is 8.48. The molecule has 0 aromatic carbocycles. The van der Waals surface area contributed by atoms with Crippen LogP contribution >= 0.6 is 22.6 Å². The summed E-state index contributed by atoms with van der Waals surface area (Å²) in [6.07, 6.45) is -1.02. The van der Waals surface area contributed by atoms with Crippen molar-refractivity contribution in [2.75, 3.05) is 24.6 Å². The summed E-state index contributed by atoms with van der Waals surface area (Å²) in [6, 6.07) is 0. The van der Waals surface area contributed by atoms with Crippen molar-refractivity contribution in [1.29, 1.82) is 0 Å². The van der Waals surface area contributed by atoms with Gasteiger partial charge in [-0.15, -0.1) is 0 Å². The maximum Gasteiger partial charge on any atom is 0.509 e. The Balaban J connectivity index is 2.15. The van der Waals surface area contributed by atoms with E-state index in [-0.39, 0.29) is 17.5 Å². The van der Waals surface area contributed by atoms with Gasteiger partial charge in [0.15, 0.2) is 6.10 Å². The first kappa shape index (κ1) is 10.0. The third-order valence-electron chi connectivity index (χ3n) is 1.21. The minimum atomic E-state index is -0.677. The standard InChI is InChI=1S/C6H9IO5/c7-3-11-6(8)12-5-1-9-4-10-2-5/h5H,1-4H2. The van der Waals surface area contributed by atoms with Gasteiger partial charge in [-0.3, -0.25) is 0 Å². The van der Waals surface area contributed by atoms with Crippen molar-refractivity contribution in [1.82, 2.24) is 0 Å². The van der Waals surface area contributed by atoms with Gasteiger partial charge in [0.05, 0.1) is 13.2 Å². The third kappa shape index (κ3) is 3.55. The van der Waals surface area contributed by atoms with Gasteiger partial charge in [0.2, 0.25) is 0 Å². The van der Waals surface area contributed by atoms with Gasteiger partial charge >= 0.3 is 6.16 Å². The fourth-order valence-corrected chi connectivity index (χ4v) is 1.00. The summed E-state index contributed by atoms with van der Waals surface area (Å²) >= 11 is 1.91. The molecule has 0 aliphatic carbocycles. The van der Waals surface area contributed by atoms with E-state index in [1.807, 2.05) is 22.6 Å². The molecule has 1 aliphatic heterocycles. The molecule has 12 heavy (non-hydrogen) atoms. The fourth-order valence-electron chi connectivity index (χ4n) is 0.749.